The van der Waals surface area contributed by atoms with Crippen molar-refractivity contribution < 1.29 is 0 Å². The zero-order valence-corrected chi connectivity index (χ0v) is 13.2. The molecule has 1 unspecified atom stereocenters. The Morgan fingerprint density at radius 2 is 2.26 bits per heavy atom. The van der Waals surface area contributed by atoms with Crippen molar-refractivity contribution >= 4 is 22.9 Å². The number of rotatable bonds is 6. The van der Waals surface area contributed by atoms with E-state index in [9.17, 15) is 0 Å². The minimum absolute atomic E-state index is 0.0813. The van der Waals surface area contributed by atoms with Gasteiger partial charge in [0.05, 0.1) is 5.02 Å². The van der Waals surface area contributed by atoms with Gasteiger partial charge in [-0.25, -0.2) is 4.98 Å². The number of nitrogens with one attached hydrogen (secondary N) is 1. The Kier molecular flexibility index (Phi) is 5.02. The van der Waals surface area contributed by atoms with Gasteiger partial charge in [0.2, 0.25) is 0 Å². The summed E-state index contributed by atoms with van der Waals surface area (Å²) in [6.07, 6.45) is 5.00. The van der Waals surface area contributed by atoms with Crippen LogP contribution in [0.25, 0.3) is 0 Å². The first-order valence-electron chi connectivity index (χ1n) is 6.66. The van der Waals surface area contributed by atoms with Crippen molar-refractivity contribution in [3.63, 3.8) is 0 Å². The molecule has 0 spiro atoms. The minimum Gasteiger partial charge on any atom is -0.333 e. The molecule has 0 aliphatic rings. The second-order valence-corrected chi connectivity index (χ2v) is 5.86. The molecule has 2 aromatic heterocycles. The predicted molar refractivity (Wildman–Crippen MR) is 82.1 cm³/mol. The highest BCUT2D eigenvalue weighted by Gasteiger charge is 2.22. The molecule has 0 radical (unpaired) electrons. The molecule has 1 atom stereocenters. The second-order valence-electron chi connectivity index (χ2n) is 4.57. The molecular weight excluding hydrogens is 278 g/mol. The van der Waals surface area contributed by atoms with Gasteiger partial charge in [0.1, 0.15) is 11.9 Å². The Morgan fingerprint density at radius 1 is 1.47 bits per heavy atom. The van der Waals surface area contributed by atoms with Gasteiger partial charge < -0.3 is 9.88 Å². The Hall–Kier alpha value is -0.840. The number of hydrogen-bond donors (Lipinski definition) is 1. The molecule has 0 aliphatic heterocycles. The molecule has 5 heteroatoms. The van der Waals surface area contributed by atoms with Crippen LogP contribution in [0.4, 0.5) is 0 Å². The van der Waals surface area contributed by atoms with Gasteiger partial charge in [0.15, 0.2) is 0 Å². The highest BCUT2D eigenvalue weighted by molar-refractivity contribution is 7.10. The topological polar surface area (TPSA) is 29.9 Å². The molecule has 104 valence electrons. The van der Waals surface area contributed by atoms with Gasteiger partial charge in [0.25, 0.3) is 0 Å². The van der Waals surface area contributed by atoms with Crippen LogP contribution >= 0.6 is 22.9 Å². The fraction of sp³-hybridized carbons (Fsp3) is 0.500. The van der Waals surface area contributed by atoms with Crippen molar-refractivity contribution in [3.8, 4) is 0 Å². The minimum atomic E-state index is 0.0813. The fourth-order valence-electron chi connectivity index (χ4n) is 2.16. The molecule has 3 nitrogen and oxygen atoms in total. The van der Waals surface area contributed by atoms with E-state index < -0.39 is 0 Å². The summed E-state index contributed by atoms with van der Waals surface area (Å²) in [5.74, 6) is 1.05. The maximum atomic E-state index is 6.42. The molecule has 0 aromatic carbocycles. The smallest absolute Gasteiger partial charge is 0.131 e. The quantitative estimate of drug-likeness (QED) is 0.873. The lowest BCUT2D eigenvalue weighted by atomic mass is 10.2. The zero-order chi connectivity index (χ0) is 13.8. The first-order chi connectivity index (χ1) is 9.19. The van der Waals surface area contributed by atoms with E-state index in [0.29, 0.717) is 0 Å². The Bertz CT molecular complexity index is 533. The van der Waals surface area contributed by atoms with Gasteiger partial charge in [0, 0.05) is 23.8 Å². The molecule has 2 aromatic rings. The van der Waals surface area contributed by atoms with Crippen LogP contribution in [0.2, 0.25) is 5.02 Å². The summed E-state index contributed by atoms with van der Waals surface area (Å²) in [7, 11) is 0. The lowest BCUT2D eigenvalue weighted by Crippen LogP contribution is -2.25. The number of halogens is 1. The summed E-state index contributed by atoms with van der Waals surface area (Å²) < 4.78 is 2.21. The van der Waals surface area contributed by atoms with Crippen molar-refractivity contribution in [2.45, 2.75) is 39.8 Å². The van der Waals surface area contributed by atoms with Crippen LogP contribution in [0.5, 0.6) is 0 Å². The molecule has 0 aliphatic carbocycles. The second kappa shape index (κ2) is 6.55. The number of nitrogens with zero attached hydrogens (tertiary/aromatic N) is 2. The highest BCUT2D eigenvalue weighted by atomic mass is 35.5. The van der Waals surface area contributed by atoms with Gasteiger partial charge in [-0.15, -0.1) is 11.3 Å². The summed E-state index contributed by atoms with van der Waals surface area (Å²) in [5.41, 5.74) is 1.14. The number of imidazole rings is 1. The average Bonchev–Trinajstić information content (AvgIpc) is 2.97. The van der Waals surface area contributed by atoms with E-state index in [-0.39, 0.29) is 6.04 Å². The standard InChI is InChI=1S/C14H20ClN3S/c1-4-7-18-8-6-17-14(18)12(16-5-2)13-11(15)10(3)9-19-13/h6,8-9,12,16H,4-5,7H2,1-3H3. The number of aryl methyl sites for hydroxylation is 2. The number of hydrogen-bond acceptors (Lipinski definition) is 3. The molecule has 0 bridgehead atoms. The molecule has 0 amide bonds. The van der Waals surface area contributed by atoms with Gasteiger partial charge in [-0.1, -0.05) is 25.4 Å². The third-order valence-electron chi connectivity index (χ3n) is 3.07. The third kappa shape index (κ3) is 3.02. The van der Waals surface area contributed by atoms with Crippen molar-refractivity contribution in [1.29, 1.82) is 0 Å². The lowest BCUT2D eigenvalue weighted by molar-refractivity contribution is 0.549. The van der Waals surface area contributed by atoms with E-state index >= 15 is 0 Å². The highest BCUT2D eigenvalue weighted by Crippen LogP contribution is 2.35. The Morgan fingerprint density at radius 3 is 2.84 bits per heavy atom. The monoisotopic (exact) mass is 297 g/mol. The Balaban J connectivity index is 2.39. The molecular formula is C14H20ClN3S. The summed E-state index contributed by atoms with van der Waals surface area (Å²) >= 11 is 8.12. The van der Waals surface area contributed by atoms with E-state index in [1.807, 2.05) is 19.3 Å². The van der Waals surface area contributed by atoms with Crippen LogP contribution in [0.15, 0.2) is 17.8 Å². The summed E-state index contributed by atoms with van der Waals surface area (Å²) in [5, 5.41) is 6.47. The fourth-order valence-corrected chi connectivity index (χ4v) is 3.53. The summed E-state index contributed by atoms with van der Waals surface area (Å²) in [4.78, 5) is 5.69. The van der Waals surface area contributed by atoms with E-state index in [1.54, 1.807) is 11.3 Å². The zero-order valence-electron chi connectivity index (χ0n) is 11.6. The van der Waals surface area contributed by atoms with Crippen LogP contribution < -0.4 is 5.32 Å². The van der Waals surface area contributed by atoms with Crippen molar-refractivity contribution in [1.82, 2.24) is 14.9 Å². The van der Waals surface area contributed by atoms with Crippen LogP contribution in [0.3, 0.4) is 0 Å². The molecule has 19 heavy (non-hydrogen) atoms. The van der Waals surface area contributed by atoms with Crippen molar-refractivity contribution in [2.24, 2.45) is 0 Å². The van der Waals surface area contributed by atoms with Crippen LogP contribution in [0.1, 0.15) is 42.6 Å². The first kappa shape index (κ1) is 14.6. The van der Waals surface area contributed by atoms with Crippen molar-refractivity contribution in [3.05, 3.63) is 39.1 Å². The SMILES string of the molecule is CCCn1ccnc1C(NCC)c1scc(C)c1Cl. The number of aromatic nitrogens is 2. The first-order valence-corrected chi connectivity index (χ1v) is 7.92. The normalized spacial score (nSPS) is 12.8. The summed E-state index contributed by atoms with van der Waals surface area (Å²) in [6.45, 7) is 8.20. The maximum absolute atomic E-state index is 6.42. The van der Waals surface area contributed by atoms with Gasteiger partial charge >= 0.3 is 0 Å². The molecule has 2 rings (SSSR count). The van der Waals surface area contributed by atoms with Crippen LogP contribution in [0, 0.1) is 6.92 Å². The molecule has 1 N–H and O–H groups in total. The van der Waals surface area contributed by atoms with E-state index in [0.717, 1.165) is 40.8 Å². The Labute approximate surface area is 123 Å². The van der Waals surface area contributed by atoms with Gasteiger partial charge in [-0.05, 0) is 30.8 Å². The molecule has 0 fully saturated rings. The number of thiophene rings is 1. The van der Waals surface area contributed by atoms with Crippen LogP contribution in [-0.2, 0) is 6.54 Å². The molecule has 0 saturated heterocycles. The van der Waals surface area contributed by atoms with E-state index in [2.05, 4.69) is 34.1 Å². The van der Waals surface area contributed by atoms with Crippen molar-refractivity contribution in [2.75, 3.05) is 6.54 Å². The van der Waals surface area contributed by atoms with Crippen LogP contribution in [-0.4, -0.2) is 16.1 Å². The maximum Gasteiger partial charge on any atom is 0.131 e. The van der Waals surface area contributed by atoms with Gasteiger partial charge in [-0.2, -0.15) is 0 Å². The predicted octanol–water partition coefficient (Wildman–Crippen LogP) is 4.02. The summed E-state index contributed by atoms with van der Waals surface area (Å²) in [6, 6.07) is 0.0813. The lowest BCUT2D eigenvalue weighted by Gasteiger charge is -2.18. The van der Waals surface area contributed by atoms with Gasteiger partial charge in [-0.3, -0.25) is 0 Å². The van der Waals surface area contributed by atoms with E-state index in [4.69, 9.17) is 11.6 Å². The average molecular weight is 298 g/mol. The van der Waals surface area contributed by atoms with E-state index in [1.165, 1.54) is 0 Å². The third-order valence-corrected chi connectivity index (χ3v) is 4.84. The molecule has 2 heterocycles. The molecule has 0 saturated carbocycles. The largest absolute Gasteiger partial charge is 0.333 e.